The topological polar surface area (TPSA) is 26.3 Å². The fourth-order valence-electron chi connectivity index (χ4n) is 2.12. The maximum atomic E-state index is 13.7. The fourth-order valence-corrected chi connectivity index (χ4v) is 2.12. The van der Waals surface area contributed by atoms with Crippen LogP contribution in [0, 0.1) is 11.6 Å². The third kappa shape index (κ3) is 1.68. The average molecular weight is 226 g/mol. The Morgan fingerprint density at radius 2 is 2.25 bits per heavy atom. The van der Waals surface area contributed by atoms with E-state index >= 15 is 0 Å². The molecule has 0 aromatic heterocycles. The monoisotopic (exact) mass is 226 g/mol. The van der Waals surface area contributed by atoms with Crippen molar-refractivity contribution in [1.82, 2.24) is 0 Å². The molecule has 1 heterocycles. The molecular weight excluding hydrogens is 214 g/mol. The van der Waals surface area contributed by atoms with E-state index in [4.69, 9.17) is 4.74 Å². The van der Waals surface area contributed by atoms with Gasteiger partial charge in [0, 0.05) is 24.5 Å². The van der Waals surface area contributed by atoms with E-state index in [0.29, 0.717) is 24.2 Å². The minimum absolute atomic E-state index is 0.147. The second-order valence-corrected chi connectivity index (χ2v) is 3.96. The van der Waals surface area contributed by atoms with Crippen LogP contribution in [0.25, 0.3) is 0 Å². The van der Waals surface area contributed by atoms with Gasteiger partial charge >= 0.3 is 0 Å². The van der Waals surface area contributed by atoms with Gasteiger partial charge < -0.3 is 9.53 Å². The zero-order chi connectivity index (χ0) is 11.7. The highest BCUT2D eigenvalue weighted by Gasteiger charge is 2.26. The minimum atomic E-state index is -0.660. The molecule has 2 nitrogen and oxygen atoms in total. The number of carbonyl (C=O) groups is 1. The molecule has 0 fully saturated rings. The van der Waals surface area contributed by atoms with Crippen LogP contribution in [-0.4, -0.2) is 12.9 Å². The van der Waals surface area contributed by atoms with E-state index in [9.17, 15) is 13.6 Å². The van der Waals surface area contributed by atoms with Crippen molar-refractivity contribution < 1.29 is 18.3 Å². The van der Waals surface area contributed by atoms with Crippen LogP contribution in [0.2, 0.25) is 0 Å². The summed E-state index contributed by atoms with van der Waals surface area (Å²) in [6, 6.07) is 0.834. The fraction of sp³-hybridized carbons (Fsp3) is 0.417. The number of fused-ring (bicyclic) bond motifs is 1. The van der Waals surface area contributed by atoms with Crippen molar-refractivity contribution >= 4 is 6.29 Å². The number of carbonyl (C=O) groups excluding carboxylic acids is 1. The van der Waals surface area contributed by atoms with Crippen LogP contribution in [0.3, 0.4) is 0 Å². The molecule has 1 aliphatic heterocycles. The number of hydrogen-bond donors (Lipinski definition) is 0. The van der Waals surface area contributed by atoms with Crippen LogP contribution in [0.15, 0.2) is 6.07 Å². The van der Waals surface area contributed by atoms with Crippen LogP contribution in [0.5, 0.6) is 5.75 Å². The second-order valence-electron chi connectivity index (χ2n) is 3.96. The number of halogens is 2. The Labute approximate surface area is 92.2 Å². The number of rotatable bonds is 3. The summed E-state index contributed by atoms with van der Waals surface area (Å²) in [5.74, 6) is -1.34. The van der Waals surface area contributed by atoms with Gasteiger partial charge in [-0.15, -0.1) is 0 Å². The smallest absolute Gasteiger partial charge is 0.168 e. The SMILES string of the molecule is CC(CC=O)c1c(F)cc(F)c2c1CCO2. The van der Waals surface area contributed by atoms with E-state index in [-0.39, 0.29) is 18.1 Å². The Bertz CT molecular complexity index is 430. The van der Waals surface area contributed by atoms with Gasteiger partial charge in [-0.25, -0.2) is 8.78 Å². The van der Waals surface area contributed by atoms with Gasteiger partial charge in [0.15, 0.2) is 11.6 Å². The molecule has 0 N–H and O–H groups in total. The number of ether oxygens (including phenoxy) is 1. The average Bonchev–Trinajstić information content (AvgIpc) is 2.66. The standard InChI is InChI=1S/C12H12F2O2/c1-7(2-4-15)11-8-3-5-16-12(8)10(14)6-9(11)13/h4,6-7H,2-3,5H2,1H3. The molecule has 1 aliphatic rings. The van der Waals surface area contributed by atoms with E-state index in [1.165, 1.54) is 0 Å². The van der Waals surface area contributed by atoms with Gasteiger partial charge in [-0.3, -0.25) is 0 Å². The summed E-state index contributed by atoms with van der Waals surface area (Å²) in [6.07, 6.45) is 1.48. The maximum Gasteiger partial charge on any atom is 0.168 e. The van der Waals surface area contributed by atoms with Crippen molar-refractivity contribution in [2.24, 2.45) is 0 Å². The Hall–Kier alpha value is -1.45. The van der Waals surface area contributed by atoms with Gasteiger partial charge in [-0.05, 0) is 11.5 Å². The predicted octanol–water partition coefficient (Wildman–Crippen LogP) is 2.59. The summed E-state index contributed by atoms with van der Waals surface area (Å²) >= 11 is 0. The van der Waals surface area contributed by atoms with E-state index in [1.807, 2.05) is 0 Å². The Kier molecular flexibility index (Phi) is 2.90. The zero-order valence-electron chi connectivity index (χ0n) is 8.93. The first-order chi connectivity index (χ1) is 7.65. The van der Waals surface area contributed by atoms with Crippen molar-refractivity contribution in [2.45, 2.75) is 25.7 Å². The lowest BCUT2D eigenvalue weighted by atomic mass is 9.91. The first-order valence-corrected chi connectivity index (χ1v) is 5.22. The molecule has 1 atom stereocenters. The lowest BCUT2D eigenvalue weighted by molar-refractivity contribution is -0.108. The van der Waals surface area contributed by atoms with Gasteiger partial charge in [0.25, 0.3) is 0 Å². The highest BCUT2D eigenvalue weighted by Crippen LogP contribution is 2.37. The van der Waals surface area contributed by atoms with Gasteiger partial charge in [-0.1, -0.05) is 6.92 Å². The Balaban J connectivity index is 2.52. The minimum Gasteiger partial charge on any atom is -0.490 e. The van der Waals surface area contributed by atoms with Gasteiger partial charge in [0.05, 0.1) is 6.61 Å². The molecule has 1 aromatic carbocycles. The number of aldehydes is 1. The summed E-state index contributed by atoms with van der Waals surface area (Å²) < 4.78 is 32.1. The van der Waals surface area contributed by atoms with Crippen LogP contribution >= 0.6 is 0 Å². The van der Waals surface area contributed by atoms with Crippen LogP contribution in [0.1, 0.15) is 30.4 Å². The molecule has 0 bridgehead atoms. The van der Waals surface area contributed by atoms with Crippen LogP contribution in [0.4, 0.5) is 8.78 Å². The molecular formula is C12H12F2O2. The van der Waals surface area contributed by atoms with Gasteiger partial charge in [-0.2, -0.15) is 0 Å². The largest absolute Gasteiger partial charge is 0.490 e. The molecule has 86 valence electrons. The van der Waals surface area contributed by atoms with Crippen molar-refractivity contribution in [1.29, 1.82) is 0 Å². The van der Waals surface area contributed by atoms with Gasteiger partial charge in [0.1, 0.15) is 12.1 Å². The van der Waals surface area contributed by atoms with Crippen molar-refractivity contribution in [3.8, 4) is 5.75 Å². The summed E-state index contributed by atoms with van der Waals surface area (Å²) in [7, 11) is 0. The lowest BCUT2D eigenvalue weighted by Gasteiger charge is -2.14. The Morgan fingerprint density at radius 1 is 1.50 bits per heavy atom. The van der Waals surface area contributed by atoms with E-state index in [1.54, 1.807) is 6.92 Å². The first kappa shape index (κ1) is 11.0. The molecule has 1 unspecified atom stereocenters. The van der Waals surface area contributed by atoms with E-state index < -0.39 is 11.6 Å². The highest BCUT2D eigenvalue weighted by atomic mass is 19.1. The molecule has 2 rings (SSSR count). The van der Waals surface area contributed by atoms with Gasteiger partial charge in [0.2, 0.25) is 0 Å². The molecule has 16 heavy (non-hydrogen) atoms. The third-order valence-corrected chi connectivity index (χ3v) is 2.87. The highest BCUT2D eigenvalue weighted by molar-refractivity contribution is 5.54. The van der Waals surface area contributed by atoms with E-state index in [0.717, 1.165) is 12.4 Å². The quantitative estimate of drug-likeness (QED) is 0.740. The van der Waals surface area contributed by atoms with Crippen molar-refractivity contribution in [3.05, 3.63) is 28.8 Å². The molecule has 0 aliphatic carbocycles. The van der Waals surface area contributed by atoms with Crippen LogP contribution < -0.4 is 4.74 Å². The summed E-state index contributed by atoms with van der Waals surface area (Å²) in [4.78, 5) is 10.4. The molecule has 0 spiro atoms. The summed E-state index contributed by atoms with van der Waals surface area (Å²) in [6.45, 7) is 2.12. The maximum absolute atomic E-state index is 13.7. The Morgan fingerprint density at radius 3 is 2.94 bits per heavy atom. The number of benzene rings is 1. The molecule has 0 saturated carbocycles. The summed E-state index contributed by atoms with van der Waals surface area (Å²) in [5, 5.41) is 0. The van der Waals surface area contributed by atoms with Crippen LogP contribution in [-0.2, 0) is 11.2 Å². The molecule has 1 aromatic rings. The molecule has 0 amide bonds. The predicted molar refractivity (Wildman–Crippen MR) is 54.7 cm³/mol. The molecule has 0 saturated heterocycles. The second kappa shape index (κ2) is 4.20. The molecule has 4 heteroatoms. The van der Waals surface area contributed by atoms with Crippen molar-refractivity contribution in [3.63, 3.8) is 0 Å². The normalized spacial score (nSPS) is 15.4. The zero-order valence-corrected chi connectivity index (χ0v) is 8.93. The lowest BCUT2D eigenvalue weighted by Crippen LogP contribution is -2.03. The first-order valence-electron chi connectivity index (χ1n) is 5.22. The summed E-state index contributed by atoms with van der Waals surface area (Å²) in [5.41, 5.74) is 0.993. The third-order valence-electron chi connectivity index (χ3n) is 2.87. The number of hydrogen-bond acceptors (Lipinski definition) is 2. The van der Waals surface area contributed by atoms with E-state index in [2.05, 4.69) is 0 Å². The molecule has 0 radical (unpaired) electrons. The van der Waals surface area contributed by atoms with Crippen molar-refractivity contribution in [2.75, 3.05) is 6.61 Å².